The number of fused-ring (bicyclic) bond motifs is 1. The number of carbonyl (C=O) groups is 1. The molecule has 1 atom stereocenters. The Kier molecular flexibility index (Phi) is 4.10. The molecule has 1 aliphatic carbocycles. The van der Waals surface area contributed by atoms with E-state index in [1.165, 1.54) is 12.8 Å². The van der Waals surface area contributed by atoms with Crippen molar-refractivity contribution >= 4 is 16.8 Å². The third-order valence-corrected chi connectivity index (χ3v) is 4.60. The smallest absolute Gasteiger partial charge is 0.272 e. The highest BCUT2D eigenvalue weighted by atomic mass is 16.5. The Bertz CT molecular complexity index is 757. The van der Waals surface area contributed by atoms with Gasteiger partial charge in [-0.25, -0.2) is 4.98 Å². The van der Waals surface area contributed by atoms with Crippen LogP contribution < -0.4 is 4.74 Å². The minimum atomic E-state index is -0.0489. The summed E-state index contributed by atoms with van der Waals surface area (Å²) in [7, 11) is 0. The number of para-hydroxylation sites is 1. The molecule has 5 heteroatoms. The monoisotopic (exact) mass is 326 g/mol. The number of amides is 1. The van der Waals surface area contributed by atoms with Crippen molar-refractivity contribution < 1.29 is 14.3 Å². The summed E-state index contributed by atoms with van der Waals surface area (Å²) >= 11 is 0. The predicted molar refractivity (Wildman–Crippen MR) is 91.3 cm³/mol. The number of nitrogens with zero attached hydrogens (tertiary/aromatic N) is 2. The van der Waals surface area contributed by atoms with E-state index in [0.29, 0.717) is 31.3 Å². The molecule has 0 spiro atoms. The van der Waals surface area contributed by atoms with Gasteiger partial charge in [-0.1, -0.05) is 12.1 Å². The largest absolute Gasteiger partial charge is 0.493 e. The van der Waals surface area contributed by atoms with Crippen LogP contribution in [0.25, 0.3) is 10.9 Å². The summed E-state index contributed by atoms with van der Waals surface area (Å²) in [6, 6.07) is 9.63. The van der Waals surface area contributed by atoms with Crippen molar-refractivity contribution in [1.29, 1.82) is 0 Å². The van der Waals surface area contributed by atoms with E-state index < -0.39 is 0 Å². The van der Waals surface area contributed by atoms with E-state index in [2.05, 4.69) is 4.98 Å². The average molecular weight is 326 g/mol. The quantitative estimate of drug-likeness (QED) is 0.867. The van der Waals surface area contributed by atoms with Crippen LogP contribution in [-0.4, -0.2) is 48.2 Å². The van der Waals surface area contributed by atoms with Gasteiger partial charge >= 0.3 is 0 Å². The molecule has 0 unspecified atom stereocenters. The number of benzene rings is 1. The second kappa shape index (κ2) is 6.40. The zero-order valence-corrected chi connectivity index (χ0v) is 13.9. The summed E-state index contributed by atoms with van der Waals surface area (Å²) in [6.45, 7) is 4.49. The molecule has 1 aromatic carbocycles. The van der Waals surface area contributed by atoms with Gasteiger partial charge in [0.15, 0.2) is 0 Å². The molecule has 1 amide bonds. The number of pyridine rings is 1. The van der Waals surface area contributed by atoms with E-state index in [9.17, 15) is 4.79 Å². The lowest BCUT2D eigenvalue weighted by Gasteiger charge is -2.31. The van der Waals surface area contributed by atoms with Crippen LogP contribution in [0.5, 0.6) is 5.75 Å². The summed E-state index contributed by atoms with van der Waals surface area (Å²) in [6.07, 6.45) is 2.54. The zero-order valence-electron chi connectivity index (χ0n) is 13.9. The van der Waals surface area contributed by atoms with Crippen molar-refractivity contribution in [3.05, 3.63) is 36.0 Å². The second-order valence-corrected chi connectivity index (χ2v) is 6.71. The summed E-state index contributed by atoms with van der Waals surface area (Å²) in [5.74, 6) is 1.38. The van der Waals surface area contributed by atoms with Gasteiger partial charge in [-0.3, -0.25) is 4.79 Å². The molecule has 4 rings (SSSR count). The van der Waals surface area contributed by atoms with Crippen molar-refractivity contribution in [3.8, 4) is 5.75 Å². The van der Waals surface area contributed by atoms with Crippen molar-refractivity contribution in [3.63, 3.8) is 0 Å². The molecule has 1 aromatic heterocycles. The molecule has 0 N–H and O–H groups in total. The number of aromatic nitrogens is 1. The maximum Gasteiger partial charge on any atom is 0.272 e. The number of morpholine rings is 1. The van der Waals surface area contributed by atoms with E-state index in [-0.39, 0.29) is 12.0 Å². The highest BCUT2D eigenvalue weighted by Gasteiger charge is 2.25. The van der Waals surface area contributed by atoms with Crippen LogP contribution in [0.4, 0.5) is 0 Å². The Labute approximate surface area is 141 Å². The Morgan fingerprint density at radius 1 is 1.38 bits per heavy atom. The van der Waals surface area contributed by atoms with Crippen LogP contribution in [0, 0.1) is 5.92 Å². The number of hydrogen-bond donors (Lipinski definition) is 0. The zero-order chi connectivity index (χ0) is 16.5. The van der Waals surface area contributed by atoms with Gasteiger partial charge in [0, 0.05) is 24.5 Å². The van der Waals surface area contributed by atoms with Gasteiger partial charge in [-0.05, 0) is 37.8 Å². The van der Waals surface area contributed by atoms with Crippen molar-refractivity contribution in [2.45, 2.75) is 25.9 Å². The third kappa shape index (κ3) is 3.22. The van der Waals surface area contributed by atoms with E-state index >= 15 is 0 Å². The van der Waals surface area contributed by atoms with Crippen LogP contribution in [0.1, 0.15) is 30.3 Å². The van der Waals surface area contributed by atoms with Crippen LogP contribution in [0.3, 0.4) is 0 Å². The Balaban J connectivity index is 1.65. The topological polar surface area (TPSA) is 51.7 Å². The van der Waals surface area contributed by atoms with Gasteiger partial charge in [0.05, 0.1) is 24.8 Å². The Morgan fingerprint density at radius 3 is 3.00 bits per heavy atom. The normalized spacial score (nSPS) is 21.0. The first-order valence-electron chi connectivity index (χ1n) is 8.64. The molecule has 2 aliphatic rings. The highest BCUT2D eigenvalue weighted by molar-refractivity contribution is 5.97. The SMILES string of the molecule is C[C@@H]1CN(C(=O)c2cc(OCC3CC3)c3ccccc3n2)CCO1. The van der Waals surface area contributed by atoms with Crippen molar-refractivity contribution in [2.75, 3.05) is 26.3 Å². The van der Waals surface area contributed by atoms with E-state index in [1.807, 2.05) is 36.1 Å². The minimum Gasteiger partial charge on any atom is -0.493 e. The number of ether oxygens (including phenoxy) is 2. The number of rotatable bonds is 4. The lowest BCUT2D eigenvalue weighted by Crippen LogP contribution is -2.44. The second-order valence-electron chi connectivity index (χ2n) is 6.71. The third-order valence-electron chi connectivity index (χ3n) is 4.60. The summed E-state index contributed by atoms with van der Waals surface area (Å²) in [5, 5.41) is 0.963. The maximum absolute atomic E-state index is 12.8. The van der Waals surface area contributed by atoms with Crippen LogP contribution in [-0.2, 0) is 4.74 Å². The fourth-order valence-corrected chi connectivity index (χ4v) is 3.03. The van der Waals surface area contributed by atoms with Gasteiger partial charge in [0.1, 0.15) is 11.4 Å². The number of hydrogen-bond acceptors (Lipinski definition) is 4. The summed E-state index contributed by atoms with van der Waals surface area (Å²) in [5.41, 5.74) is 1.25. The van der Waals surface area contributed by atoms with Gasteiger partial charge < -0.3 is 14.4 Å². The van der Waals surface area contributed by atoms with Gasteiger partial charge in [0.2, 0.25) is 0 Å². The van der Waals surface area contributed by atoms with Crippen LogP contribution in [0.2, 0.25) is 0 Å². The molecule has 126 valence electrons. The first kappa shape index (κ1) is 15.4. The fraction of sp³-hybridized carbons (Fsp3) is 0.474. The molecule has 0 radical (unpaired) electrons. The molecule has 1 aliphatic heterocycles. The summed E-state index contributed by atoms with van der Waals surface area (Å²) in [4.78, 5) is 19.2. The minimum absolute atomic E-state index is 0.0489. The molecule has 5 nitrogen and oxygen atoms in total. The first-order chi connectivity index (χ1) is 11.7. The van der Waals surface area contributed by atoms with E-state index in [0.717, 1.165) is 23.3 Å². The standard InChI is InChI=1S/C19H22N2O3/c1-13-11-21(8-9-23-13)19(22)17-10-18(24-12-14-6-7-14)15-4-2-3-5-16(15)20-17/h2-5,10,13-14H,6-9,11-12H2,1H3/t13-/m1/s1. The fourth-order valence-electron chi connectivity index (χ4n) is 3.03. The molecular weight excluding hydrogens is 304 g/mol. The molecular formula is C19H22N2O3. The predicted octanol–water partition coefficient (Wildman–Crippen LogP) is 2.88. The molecule has 2 heterocycles. The van der Waals surface area contributed by atoms with Crippen LogP contribution in [0.15, 0.2) is 30.3 Å². The number of carbonyl (C=O) groups excluding carboxylic acids is 1. The van der Waals surface area contributed by atoms with Gasteiger partial charge in [-0.2, -0.15) is 0 Å². The van der Waals surface area contributed by atoms with E-state index in [1.54, 1.807) is 6.07 Å². The van der Waals surface area contributed by atoms with Gasteiger partial charge in [0.25, 0.3) is 5.91 Å². The lowest BCUT2D eigenvalue weighted by atomic mass is 10.1. The Hall–Kier alpha value is -2.14. The van der Waals surface area contributed by atoms with Crippen molar-refractivity contribution in [1.82, 2.24) is 9.88 Å². The molecule has 0 bridgehead atoms. The van der Waals surface area contributed by atoms with Crippen LogP contribution >= 0.6 is 0 Å². The molecule has 2 fully saturated rings. The highest BCUT2D eigenvalue weighted by Crippen LogP contribution is 2.32. The van der Waals surface area contributed by atoms with Gasteiger partial charge in [-0.15, -0.1) is 0 Å². The summed E-state index contributed by atoms with van der Waals surface area (Å²) < 4.78 is 11.5. The lowest BCUT2D eigenvalue weighted by molar-refractivity contribution is -0.0126. The Morgan fingerprint density at radius 2 is 2.21 bits per heavy atom. The van der Waals surface area contributed by atoms with E-state index in [4.69, 9.17) is 9.47 Å². The molecule has 1 saturated carbocycles. The van der Waals surface area contributed by atoms with Crippen molar-refractivity contribution in [2.24, 2.45) is 5.92 Å². The molecule has 1 saturated heterocycles. The average Bonchev–Trinajstić information content (AvgIpc) is 3.43. The molecule has 2 aromatic rings. The molecule has 24 heavy (non-hydrogen) atoms. The first-order valence-corrected chi connectivity index (χ1v) is 8.64. The maximum atomic E-state index is 12.8.